The van der Waals surface area contributed by atoms with Crippen LogP contribution in [-0.4, -0.2) is 34.2 Å². The van der Waals surface area contributed by atoms with Crippen LogP contribution in [0.1, 0.15) is 45.2 Å². The van der Waals surface area contributed by atoms with E-state index in [1.165, 1.54) is 0 Å². The van der Waals surface area contributed by atoms with E-state index in [1.807, 2.05) is 19.1 Å². The smallest absolute Gasteiger partial charge is 0.228 e. The zero-order valence-electron chi connectivity index (χ0n) is 18.1. The molecule has 0 aliphatic carbocycles. The van der Waals surface area contributed by atoms with Crippen LogP contribution >= 0.6 is 35.6 Å². The molecule has 0 atom stereocenters. The zero-order chi connectivity index (χ0) is 21.6. The molecule has 0 spiro atoms. The van der Waals surface area contributed by atoms with Crippen LogP contribution in [0.4, 0.5) is 0 Å². The number of aliphatic imine (C=N–C) groups is 1. The Morgan fingerprint density at radius 3 is 2.52 bits per heavy atom. The predicted molar refractivity (Wildman–Crippen MR) is 132 cm³/mol. The summed E-state index contributed by atoms with van der Waals surface area (Å²) >= 11 is 5.91. The van der Waals surface area contributed by atoms with Crippen molar-refractivity contribution in [1.29, 1.82) is 0 Å². The Labute approximate surface area is 204 Å². The van der Waals surface area contributed by atoms with E-state index in [0.29, 0.717) is 48.1 Å². The number of hydrogen-bond donors (Lipinski definition) is 2. The Morgan fingerprint density at radius 1 is 1.13 bits per heavy atom. The second-order valence-electron chi connectivity index (χ2n) is 7.76. The molecule has 0 amide bonds. The van der Waals surface area contributed by atoms with Gasteiger partial charge >= 0.3 is 0 Å². The molecule has 168 valence electrons. The van der Waals surface area contributed by atoms with Crippen molar-refractivity contribution in [2.45, 2.75) is 46.1 Å². The Hall–Kier alpha value is -2.14. The van der Waals surface area contributed by atoms with Gasteiger partial charge in [0.25, 0.3) is 0 Å². The van der Waals surface area contributed by atoms with E-state index < -0.39 is 0 Å². The van der Waals surface area contributed by atoms with Gasteiger partial charge in [-0.25, -0.2) is 9.98 Å². The van der Waals surface area contributed by atoms with Gasteiger partial charge in [-0.15, -0.1) is 24.0 Å². The molecule has 2 N–H and O–H groups in total. The molecule has 0 bridgehead atoms. The monoisotopic (exact) mass is 558 g/mol. The maximum atomic E-state index is 5.91. The maximum absolute atomic E-state index is 5.91. The Balaban J connectivity index is 0.00000341. The maximum Gasteiger partial charge on any atom is 0.228 e. The molecular formula is C21H28ClIN6O2. The van der Waals surface area contributed by atoms with Gasteiger partial charge in [-0.1, -0.05) is 37.5 Å². The number of aromatic nitrogens is 3. The van der Waals surface area contributed by atoms with Crippen molar-refractivity contribution in [2.75, 3.05) is 13.1 Å². The average Bonchev–Trinajstić information content (AvgIpc) is 3.36. The van der Waals surface area contributed by atoms with Crippen LogP contribution < -0.4 is 10.6 Å². The summed E-state index contributed by atoms with van der Waals surface area (Å²) in [5.41, 5.74) is 0.782. The summed E-state index contributed by atoms with van der Waals surface area (Å²) in [5.74, 6) is 3.19. The van der Waals surface area contributed by atoms with Gasteiger partial charge in [-0.3, -0.25) is 0 Å². The third kappa shape index (κ3) is 7.49. The molecule has 8 nitrogen and oxygen atoms in total. The minimum Gasteiger partial charge on any atom is -0.443 e. The Kier molecular flexibility index (Phi) is 9.30. The van der Waals surface area contributed by atoms with Gasteiger partial charge in [0.05, 0.1) is 6.20 Å². The highest BCUT2D eigenvalue weighted by Gasteiger charge is 2.19. The van der Waals surface area contributed by atoms with Crippen LogP contribution in [-0.2, 0) is 18.4 Å². The van der Waals surface area contributed by atoms with Gasteiger partial charge in [0.2, 0.25) is 17.6 Å². The van der Waals surface area contributed by atoms with Crippen molar-refractivity contribution < 1.29 is 8.94 Å². The van der Waals surface area contributed by atoms with Crippen molar-refractivity contribution in [1.82, 2.24) is 25.8 Å². The number of hydrogen-bond acceptors (Lipinski definition) is 6. The number of nitrogens with one attached hydrogen (secondary N) is 2. The van der Waals surface area contributed by atoms with E-state index in [1.54, 1.807) is 18.3 Å². The molecule has 0 saturated carbocycles. The standard InChI is InChI=1S/C21H27ClN6O2.HI/c1-5-23-20(26-13-18-25-12-16(29-18)21(2,3)4)24-11-10-17-27-19(28-30-17)14-6-8-15(22)9-7-14;/h6-9,12H,5,10-11,13H2,1-4H3,(H2,23,24,26);1H. The summed E-state index contributed by atoms with van der Waals surface area (Å²) in [5, 5.41) is 11.2. The third-order valence-corrected chi connectivity index (χ3v) is 4.46. The molecule has 2 aromatic heterocycles. The summed E-state index contributed by atoms with van der Waals surface area (Å²) < 4.78 is 11.1. The fraction of sp³-hybridized carbons (Fsp3) is 0.429. The van der Waals surface area contributed by atoms with Crippen LogP contribution in [0.15, 0.2) is 44.4 Å². The quantitative estimate of drug-likeness (QED) is 0.248. The molecule has 0 fully saturated rings. The molecule has 1 aromatic carbocycles. The van der Waals surface area contributed by atoms with Crippen LogP contribution in [0.2, 0.25) is 5.02 Å². The van der Waals surface area contributed by atoms with E-state index in [-0.39, 0.29) is 29.4 Å². The number of guanidine groups is 1. The normalized spacial score (nSPS) is 11.8. The molecule has 0 aliphatic heterocycles. The van der Waals surface area contributed by atoms with Crippen molar-refractivity contribution in [3.8, 4) is 11.4 Å². The first-order chi connectivity index (χ1) is 14.3. The van der Waals surface area contributed by atoms with E-state index >= 15 is 0 Å². The lowest BCUT2D eigenvalue weighted by atomic mass is 9.94. The SMILES string of the molecule is CCNC(=NCc1ncc(C(C)(C)C)o1)NCCc1nc(-c2ccc(Cl)cc2)no1.I. The average molecular weight is 559 g/mol. The summed E-state index contributed by atoms with van der Waals surface area (Å²) in [6.45, 7) is 9.95. The van der Waals surface area contributed by atoms with Gasteiger partial charge in [-0.05, 0) is 31.2 Å². The molecule has 0 aliphatic rings. The summed E-state index contributed by atoms with van der Waals surface area (Å²) in [4.78, 5) is 13.3. The first-order valence-electron chi connectivity index (χ1n) is 9.91. The number of benzene rings is 1. The molecule has 2 heterocycles. The molecule has 31 heavy (non-hydrogen) atoms. The Morgan fingerprint density at radius 2 is 1.87 bits per heavy atom. The summed E-state index contributed by atoms with van der Waals surface area (Å²) in [6.07, 6.45) is 2.33. The van der Waals surface area contributed by atoms with Crippen LogP contribution in [0.5, 0.6) is 0 Å². The minimum absolute atomic E-state index is 0. The number of nitrogens with zero attached hydrogens (tertiary/aromatic N) is 4. The predicted octanol–water partition coefficient (Wildman–Crippen LogP) is 4.59. The van der Waals surface area contributed by atoms with Gasteiger partial charge < -0.3 is 19.6 Å². The molecule has 0 radical (unpaired) electrons. The van der Waals surface area contributed by atoms with Crippen molar-refractivity contribution >= 4 is 41.5 Å². The second kappa shape index (κ2) is 11.5. The lowest BCUT2D eigenvalue weighted by Crippen LogP contribution is -2.38. The number of rotatable bonds is 7. The fourth-order valence-electron chi connectivity index (χ4n) is 2.58. The van der Waals surface area contributed by atoms with E-state index in [4.69, 9.17) is 20.5 Å². The third-order valence-electron chi connectivity index (χ3n) is 4.21. The lowest BCUT2D eigenvalue weighted by molar-refractivity contribution is 0.378. The highest BCUT2D eigenvalue weighted by atomic mass is 127. The first kappa shape index (κ1) is 25.1. The number of oxazole rings is 1. The van der Waals surface area contributed by atoms with Crippen LogP contribution in [0, 0.1) is 0 Å². The van der Waals surface area contributed by atoms with Crippen LogP contribution in [0.25, 0.3) is 11.4 Å². The topological polar surface area (TPSA) is 101 Å². The highest BCUT2D eigenvalue weighted by molar-refractivity contribution is 14.0. The molecule has 10 heteroatoms. The Bertz CT molecular complexity index is 978. The van der Waals surface area contributed by atoms with Crippen LogP contribution in [0.3, 0.4) is 0 Å². The largest absolute Gasteiger partial charge is 0.443 e. The van der Waals surface area contributed by atoms with Crippen molar-refractivity contribution in [3.05, 3.63) is 53.0 Å². The summed E-state index contributed by atoms with van der Waals surface area (Å²) in [6, 6.07) is 7.32. The summed E-state index contributed by atoms with van der Waals surface area (Å²) in [7, 11) is 0. The number of halogens is 2. The van der Waals surface area contributed by atoms with E-state index in [9.17, 15) is 0 Å². The second-order valence-corrected chi connectivity index (χ2v) is 8.20. The lowest BCUT2D eigenvalue weighted by Gasteiger charge is -2.13. The van der Waals surface area contributed by atoms with Crippen molar-refractivity contribution in [3.63, 3.8) is 0 Å². The molecular weight excluding hydrogens is 531 g/mol. The van der Waals surface area contributed by atoms with Gasteiger partial charge in [0.15, 0.2) is 5.96 Å². The highest BCUT2D eigenvalue weighted by Crippen LogP contribution is 2.22. The van der Waals surface area contributed by atoms with Crippen molar-refractivity contribution in [2.24, 2.45) is 4.99 Å². The first-order valence-corrected chi connectivity index (χ1v) is 10.3. The van der Waals surface area contributed by atoms with Gasteiger partial charge in [0, 0.05) is 35.5 Å². The zero-order valence-corrected chi connectivity index (χ0v) is 21.2. The minimum atomic E-state index is -0.0767. The molecule has 3 aromatic rings. The van der Waals surface area contributed by atoms with E-state index in [0.717, 1.165) is 17.9 Å². The van der Waals surface area contributed by atoms with E-state index in [2.05, 4.69) is 51.5 Å². The molecule has 0 unspecified atom stereocenters. The molecule has 3 rings (SSSR count). The molecule has 0 saturated heterocycles. The van der Waals surface area contributed by atoms with Gasteiger partial charge in [-0.2, -0.15) is 4.98 Å². The fourth-order valence-corrected chi connectivity index (χ4v) is 2.70. The van der Waals surface area contributed by atoms with Gasteiger partial charge in [0.1, 0.15) is 12.3 Å².